The van der Waals surface area contributed by atoms with Crippen LogP contribution in [0.1, 0.15) is 10.4 Å². The van der Waals surface area contributed by atoms with Gasteiger partial charge in [-0.1, -0.05) is 0 Å². The quantitative estimate of drug-likeness (QED) is 0.830. The molecule has 1 heterocycles. The number of fused-ring (bicyclic) bond motifs is 1. The molecule has 0 aromatic heterocycles. The van der Waals surface area contributed by atoms with Crippen LogP contribution in [0.3, 0.4) is 0 Å². The highest BCUT2D eigenvalue weighted by atomic mass is 79.9. The van der Waals surface area contributed by atoms with E-state index in [9.17, 15) is 14.4 Å². The number of hydrogen-bond donors (Lipinski definition) is 2. The highest BCUT2D eigenvalue weighted by Crippen LogP contribution is 2.34. The zero-order valence-corrected chi connectivity index (χ0v) is 13.1. The molecule has 1 aromatic carbocycles. The summed E-state index contributed by atoms with van der Waals surface area (Å²) in [4.78, 5) is 36.2. The van der Waals surface area contributed by atoms with Crippen LogP contribution in [0.15, 0.2) is 16.6 Å². The molecule has 7 nitrogen and oxygen atoms in total. The third-order valence-corrected chi connectivity index (χ3v) is 3.59. The van der Waals surface area contributed by atoms with Crippen molar-refractivity contribution in [1.82, 2.24) is 10.2 Å². The summed E-state index contributed by atoms with van der Waals surface area (Å²) in [6, 6.07) is 3.15. The normalized spacial score (nSPS) is 12.8. The van der Waals surface area contributed by atoms with Crippen molar-refractivity contribution >= 4 is 39.3 Å². The van der Waals surface area contributed by atoms with E-state index in [2.05, 4.69) is 26.6 Å². The van der Waals surface area contributed by atoms with E-state index in [-0.39, 0.29) is 30.9 Å². The van der Waals surface area contributed by atoms with Gasteiger partial charge in [0.15, 0.2) is 6.61 Å². The Morgan fingerprint density at radius 1 is 1.48 bits per heavy atom. The van der Waals surface area contributed by atoms with Crippen LogP contribution in [0.25, 0.3) is 0 Å². The Morgan fingerprint density at radius 2 is 2.19 bits per heavy atom. The Kier molecular flexibility index (Phi) is 4.46. The van der Waals surface area contributed by atoms with E-state index < -0.39 is 0 Å². The topological polar surface area (TPSA) is 87.7 Å². The lowest BCUT2D eigenvalue weighted by Gasteiger charge is -2.21. The molecule has 0 spiro atoms. The maximum absolute atomic E-state index is 12.3. The molecule has 0 atom stereocenters. The number of anilines is 1. The van der Waals surface area contributed by atoms with E-state index in [0.29, 0.717) is 21.5 Å². The van der Waals surface area contributed by atoms with Gasteiger partial charge in [-0.25, -0.2) is 0 Å². The molecular formula is C13H14BrN3O4. The summed E-state index contributed by atoms with van der Waals surface area (Å²) in [7, 11) is 3.04. The predicted octanol–water partition coefficient (Wildman–Crippen LogP) is 0.598. The lowest BCUT2D eigenvalue weighted by atomic mass is 10.1. The van der Waals surface area contributed by atoms with Crippen LogP contribution in [-0.2, 0) is 9.59 Å². The van der Waals surface area contributed by atoms with E-state index in [4.69, 9.17) is 4.74 Å². The molecule has 3 amide bonds. The van der Waals surface area contributed by atoms with Gasteiger partial charge in [0.1, 0.15) is 5.75 Å². The highest BCUT2D eigenvalue weighted by molar-refractivity contribution is 9.10. The second-order valence-electron chi connectivity index (χ2n) is 4.50. The molecule has 8 heteroatoms. The molecule has 0 radical (unpaired) electrons. The Bertz CT molecular complexity index is 618. The second-order valence-corrected chi connectivity index (χ2v) is 5.35. The summed E-state index contributed by atoms with van der Waals surface area (Å²) in [5.41, 5.74) is 0.861. The fourth-order valence-corrected chi connectivity index (χ4v) is 2.35. The molecule has 0 aliphatic carbocycles. The van der Waals surface area contributed by atoms with Gasteiger partial charge in [-0.05, 0) is 28.1 Å². The summed E-state index contributed by atoms with van der Waals surface area (Å²) in [5, 5.41) is 5.11. The van der Waals surface area contributed by atoms with Gasteiger partial charge in [0, 0.05) is 18.6 Å². The minimum atomic E-state index is -0.325. The molecule has 1 aromatic rings. The number of likely N-dealkylation sites (N-methyl/N-ethyl adjacent to an activating group) is 2. The zero-order valence-electron chi connectivity index (χ0n) is 11.5. The van der Waals surface area contributed by atoms with Crippen molar-refractivity contribution in [3.8, 4) is 5.75 Å². The number of nitrogens with zero attached hydrogens (tertiary/aromatic N) is 1. The average molecular weight is 356 g/mol. The molecule has 0 bridgehead atoms. The van der Waals surface area contributed by atoms with Gasteiger partial charge < -0.3 is 20.3 Å². The van der Waals surface area contributed by atoms with Crippen molar-refractivity contribution in [2.75, 3.05) is 32.6 Å². The van der Waals surface area contributed by atoms with Crippen LogP contribution in [0.5, 0.6) is 5.75 Å². The van der Waals surface area contributed by atoms with Gasteiger partial charge >= 0.3 is 0 Å². The summed E-state index contributed by atoms with van der Waals surface area (Å²) in [6.45, 7) is -0.132. The Labute approximate surface area is 129 Å². The van der Waals surface area contributed by atoms with Crippen molar-refractivity contribution in [3.63, 3.8) is 0 Å². The molecule has 0 saturated heterocycles. The number of rotatable bonds is 3. The molecule has 2 N–H and O–H groups in total. The monoisotopic (exact) mass is 355 g/mol. The van der Waals surface area contributed by atoms with Crippen molar-refractivity contribution in [2.24, 2.45) is 0 Å². The maximum atomic E-state index is 12.3. The number of carbonyl (C=O) groups excluding carboxylic acids is 3. The van der Waals surface area contributed by atoms with Crippen LogP contribution < -0.4 is 15.4 Å². The van der Waals surface area contributed by atoms with Gasteiger partial charge in [-0.15, -0.1) is 0 Å². The first kappa shape index (κ1) is 15.3. The first-order valence-corrected chi connectivity index (χ1v) is 6.94. The number of ether oxygens (including phenoxy) is 1. The maximum Gasteiger partial charge on any atom is 0.262 e. The third kappa shape index (κ3) is 3.33. The Hall–Kier alpha value is -2.09. The second kappa shape index (κ2) is 6.13. The summed E-state index contributed by atoms with van der Waals surface area (Å²) < 4.78 is 5.80. The number of hydrogen-bond acceptors (Lipinski definition) is 4. The first-order valence-electron chi connectivity index (χ1n) is 6.14. The van der Waals surface area contributed by atoms with Crippen LogP contribution in [0.4, 0.5) is 5.69 Å². The summed E-state index contributed by atoms with van der Waals surface area (Å²) in [5.74, 6) is -0.406. The Morgan fingerprint density at radius 3 is 2.86 bits per heavy atom. The average Bonchev–Trinajstić information content (AvgIpc) is 2.45. The van der Waals surface area contributed by atoms with E-state index >= 15 is 0 Å². The standard InChI is InChI=1S/C13H14BrN3O4/c1-15-11(18)5-17(2)13(20)7-3-10-9(4-8(7)14)16-12(19)6-21-10/h3-4H,5-6H2,1-2H3,(H,15,18)(H,16,19). The van der Waals surface area contributed by atoms with Crippen LogP contribution in [0, 0.1) is 0 Å². The van der Waals surface area contributed by atoms with Gasteiger partial charge in [0.2, 0.25) is 5.91 Å². The van der Waals surface area contributed by atoms with Crippen molar-refractivity contribution < 1.29 is 19.1 Å². The number of carbonyl (C=O) groups is 3. The van der Waals surface area contributed by atoms with E-state index in [0.717, 1.165) is 0 Å². The molecule has 1 aliphatic heterocycles. The summed E-state index contributed by atoms with van der Waals surface area (Å²) in [6.07, 6.45) is 0. The lowest BCUT2D eigenvalue weighted by molar-refractivity contribution is -0.121. The molecule has 1 aliphatic rings. The molecule has 0 fully saturated rings. The molecule has 0 unspecified atom stereocenters. The molecule has 21 heavy (non-hydrogen) atoms. The van der Waals surface area contributed by atoms with Gasteiger partial charge in [0.05, 0.1) is 17.8 Å². The highest BCUT2D eigenvalue weighted by Gasteiger charge is 2.23. The van der Waals surface area contributed by atoms with E-state index in [1.54, 1.807) is 12.1 Å². The largest absolute Gasteiger partial charge is 0.482 e. The van der Waals surface area contributed by atoms with Crippen LogP contribution >= 0.6 is 15.9 Å². The minimum Gasteiger partial charge on any atom is -0.482 e. The fraction of sp³-hybridized carbons (Fsp3) is 0.308. The van der Waals surface area contributed by atoms with Gasteiger partial charge in [-0.2, -0.15) is 0 Å². The predicted molar refractivity (Wildman–Crippen MR) is 79.3 cm³/mol. The van der Waals surface area contributed by atoms with Gasteiger partial charge in [0.25, 0.3) is 11.8 Å². The number of amides is 3. The van der Waals surface area contributed by atoms with Crippen molar-refractivity contribution in [3.05, 3.63) is 22.2 Å². The summed E-state index contributed by atoms with van der Waals surface area (Å²) >= 11 is 3.29. The van der Waals surface area contributed by atoms with Crippen LogP contribution in [-0.4, -0.2) is 49.9 Å². The number of benzene rings is 1. The third-order valence-electron chi connectivity index (χ3n) is 2.94. The SMILES string of the molecule is CNC(=O)CN(C)C(=O)c1cc2c(cc1Br)NC(=O)CO2. The number of halogens is 1. The van der Waals surface area contributed by atoms with Crippen LogP contribution in [0.2, 0.25) is 0 Å². The van der Waals surface area contributed by atoms with E-state index in [1.165, 1.54) is 19.0 Å². The molecule has 0 saturated carbocycles. The smallest absolute Gasteiger partial charge is 0.262 e. The zero-order chi connectivity index (χ0) is 15.6. The van der Waals surface area contributed by atoms with Crippen molar-refractivity contribution in [2.45, 2.75) is 0 Å². The van der Waals surface area contributed by atoms with Crippen molar-refractivity contribution in [1.29, 1.82) is 0 Å². The Balaban J connectivity index is 2.26. The number of nitrogens with one attached hydrogen (secondary N) is 2. The molecular weight excluding hydrogens is 342 g/mol. The lowest BCUT2D eigenvalue weighted by Crippen LogP contribution is -2.37. The molecule has 2 rings (SSSR count). The minimum absolute atomic E-state index is 0.0452. The van der Waals surface area contributed by atoms with E-state index in [1.807, 2.05) is 0 Å². The fourth-order valence-electron chi connectivity index (χ4n) is 1.84. The van der Waals surface area contributed by atoms with Gasteiger partial charge in [-0.3, -0.25) is 14.4 Å². The molecule has 112 valence electrons. The first-order chi connectivity index (χ1) is 9.92.